The maximum absolute atomic E-state index is 15.2. The molecule has 0 radical (unpaired) electrons. The molecule has 1 aromatic carbocycles. The van der Waals surface area contributed by atoms with Gasteiger partial charge in [-0.15, -0.1) is 0 Å². The van der Waals surface area contributed by atoms with Gasteiger partial charge in [0.05, 0.1) is 19.1 Å². The smallest absolute Gasteiger partial charge is 0.432 e. The van der Waals surface area contributed by atoms with Crippen molar-refractivity contribution in [2.75, 3.05) is 33.0 Å². The number of carbonyl (C=O) groups is 1. The Morgan fingerprint density at radius 1 is 1.19 bits per heavy atom. The van der Waals surface area contributed by atoms with Crippen LogP contribution in [0.2, 0.25) is 0 Å². The number of morpholine rings is 1. The number of benzene rings is 1. The number of ether oxygens (including phenoxy) is 4. The lowest BCUT2D eigenvalue weighted by atomic mass is 9.69. The van der Waals surface area contributed by atoms with Crippen LogP contribution in [0.5, 0.6) is 11.5 Å². The van der Waals surface area contributed by atoms with Gasteiger partial charge in [0.2, 0.25) is 0 Å². The normalized spacial score (nSPS) is 26.8. The SMILES string of the molecule is CCCCCC(C)C(C)c1cc(OC(=O)OCN2CCOCC2)c2c(c1)OC(F)(F)C1CCC(C)CC21. The van der Waals surface area contributed by atoms with Crippen LogP contribution >= 0.6 is 0 Å². The van der Waals surface area contributed by atoms with Gasteiger partial charge in [0.1, 0.15) is 18.2 Å². The Morgan fingerprint density at radius 3 is 2.68 bits per heavy atom. The quantitative estimate of drug-likeness (QED) is 0.192. The van der Waals surface area contributed by atoms with E-state index in [4.69, 9.17) is 18.9 Å². The molecule has 0 N–H and O–H groups in total. The number of nitrogens with zero attached hydrogens (tertiary/aromatic N) is 1. The molecule has 0 amide bonds. The summed E-state index contributed by atoms with van der Waals surface area (Å²) in [6, 6.07) is 3.62. The molecule has 2 heterocycles. The number of rotatable bonds is 9. The van der Waals surface area contributed by atoms with Crippen LogP contribution in [0.4, 0.5) is 13.6 Å². The van der Waals surface area contributed by atoms with Gasteiger partial charge in [-0.2, -0.15) is 8.78 Å². The second-order valence-electron chi connectivity index (χ2n) is 11.3. The highest BCUT2D eigenvalue weighted by atomic mass is 19.3. The molecule has 0 aromatic heterocycles. The van der Waals surface area contributed by atoms with Gasteiger partial charge in [-0.25, -0.2) is 4.79 Å². The van der Waals surface area contributed by atoms with E-state index in [1.807, 2.05) is 11.0 Å². The fraction of sp³-hybridized carbons (Fsp3) is 0.759. The number of unbranched alkanes of at least 4 members (excludes halogenated alkanes) is 2. The van der Waals surface area contributed by atoms with Crippen LogP contribution < -0.4 is 9.47 Å². The molecule has 6 nitrogen and oxygen atoms in total. The Balaban J connectivity index is 1.62. The minimum absolute atomic E-state index is 0.0918. The molecule has 1 saturated carbocycles. The van der Waals surface area contributed by atoms with Crippen molar-refractivity contribution in [1.29, 1.82) is 0 Å². The molecule has 4 rings (SSSR count). The predicted molar refractivity (Wildman–Crippen MR) is 137 cm³/mol. The van der Waals surface area contributed by atoms with Gasteiger partial charge in [-0.3, -0.25) is 4.90 Å². The minimum atomic E-state index is -3.25. The van der Waals surface area contributed by atoms with Crippen LogP contribution in [0.25, 0.3) is 0 Å². The van der Waals surface area contributed by atoms with Crippen molar-refractivity contribution in [3.8, 4) is 11.5 Å². The zero-order chi connectivity index (χ0) is 26.6. The van der Waals surface area contributed by atoms with E-state index in [0.717, 1.165) is 31.2 Å². The van der Waals surface area contributed by atoms with E-state index in [2.05, 4.69) is 27.7 Å². The summed E-state index contributed by atoms with van der Waals surface area (Å²) in [5.74, 6) is -0.184. The van der Waals surface area contributed by atoms with E-state index < -0.39 is 24.1 Å². The third-order valence-electron chi connectivity index (χ3n) is 8.59. The molecule has 2 aliphatic heterocycles. The highest BCUT2D eigenvalue weighted by molar-refractivity contribution is 5.66. The van der Waals surface area contributed by atoms with Gasteiger partial charge in [0, 0.05) is 24.6 Å². The standard InChI is InChI=1S/C29H43F2NO5/c1-5-6-7-8-20(3)21(4)22-16-25(36-28(33)35-18-32-11-13-34-14-12-32)27-23-15-19(2)9-10-24(23)29(30,31)37-26(27)17-22/h16-17,19-21,23-24H,5-15,18H2,1-4H3. The van der Waals surface area contributed by atoms with Gasteiger partial charge in [-0.05, 0) is 48.3 Å². The molecule has 5 atom stereocenters. The van der Waals surface area contributed by atoms with Crippen LogP contribution in [-0.4, -0.2) is 50.2 Å². The van der Waals surface area contributed by atoms with Crippen molar-refractivity contribution in [3.05, 3.63) is 23.3 Å². The topological polar surface area (TPSA) is 57.2 Å². The fourth-order valence-corrected chi connectivity index (χ4v) is 6.03. The lowest BCUT2D eigenvalue weighted by molar-refractivity contribution is -0.237. The second-order valence-corrected chi connectivity index (χ2v) is 11.3. The first-order valence-electron chi connectivity index (χ1n) is 14.1. The number of halogens is 2. The molecule has 8 heteroatoms. The molecule has 0 spiro atoms. The summed E-state index contributed by atoms with van der Waals surface area (Å²) in [5.41, 5.74) is 1.43. The first kappa shape index (κ1) is 28.1. The maximum atomic E-state index is 15.2. The minimum Gasteiger partial charge on any atom is -0.432 e. The van der Waals surface area contributed by atoms with Crippen molar-refractivity contribution in [2.45, 2.75) is 90.6 Å². The average molecular weight is 524 g/mol. The van der Waals surface area contributed by atoms with Crippen molar-refractivity contribution in [1.82, 2.24) is 4.90 Å². The lowest BCUT2D eigenvalue weighted by Gasteiger charge is -2.44. The number of hydrogen-bond donors (Lipinski definition) is 0. The summed E-state index contributed by atoms with van der Waals surface area (Å²) in [5, 5.41) is 0. The molecule has 37 heavy (non-hydrogen) atoms. The highest BCUT2D eigenvalue weighted by Crippen LogP contribution is 2.57. The predicted octanol–water partition coefficient (Wildman–Crippen LogP) is 7.32. The maximum Gasteiger partial charge on any atom is 0.515 e. The Bertz CT molecular complexity index is 920. The average Bonchev–Trinajstić information content (AvgIpc) is 2.86. The van der Waals surface area contributed by atoms with E-state index in [9.17, 15) is 4.79 Å². The molecule has 5 unspecified atom stereocenters. The molecule has 1 aliphatic carbocycles. The van der Waals surface area contributed by atoms with Crippen LogP contribution in [0.1, 0.15) is 95.6 Å². The Morgan fingerprint density at radius 2 is 1.95 bits per heavy atom. The number of carbonyl (C=O) groups excluding carboxylic acids is 1. The molecular weight excluding hydrogens is 480 g/mol. The molecule has 3 aliphatic rings. The third kappa shape index (κ3) is 6.75. The molecule has 1 aromatic rings. The fourth-order valence-electron chi connectivity index (χ4n) is 6.03. The van der Waals surface area contributed by atoms with Gasteiger partial charge in [0.15, 0.2) is 0 Å². The molecular formula is C29H43F2NO5. The number of hydrogen-bond acceptors (Lipinski definition) is 6. The summed E-state index contributed by atoms with van der Waals surface area (Å²) in [7, 11) is 0. The number of alkyl halides is 2. The molecule has 208 valence electrons. The first-order valence-corrected chi connectivity index (χ1v) is 14.1. The Labute approximate surface area is 220 Å². The third-order valence-corrected chi connectivity index (χ3v) is 8.59. The largest absolute Gasteiger partial charge is 0.515 e. The van der Waals surface area contributed by atoms with Gasteiger partial charge in [-0.1, -0.05) is 59.8 Å². The van der Waals surface area contributed by atoms with E-state index >= 15 is 8.78 Å². The van der Waals surface area contributed by atoms with E-state index in [1.165, 1.54) is 6.42 Å². The van der Waals surface area contributed by atoms with Crippen molar-refractivity contribution in [3.63, 3.8) is 0 Å². The first-order chi connectivity index (χ1) is 17.7. The summed E-state index contributed by atoms with van der Waals surface area (Å²) in [4.78, 5) is 14.8. The monoisotopic (exact) mass is 523 g/mol. The highest BCUT2D eigenvalue weighted by Gasteiger charge is 2.54. The van der Waals surface area contributed by atoms with Gasteiger partial charge in [0.25, 0.3) is 0 Å². The van der Waals surface area contributed by atoms with Crippen LogP contribution in [-0.2, 0) is 9.47 Å². The summed E-state index contributed by atoms with van der Waals surface area (Å²) < 4.78 is 52.3. The Hall–Kier alpha value is -1.93. The number of fused-ring (bicyclic) bond motifs is 3. The van der Waals surface area contributed by atoms with E-state index in [0.29, 0.717) is 62.3 Å². The lowest BCUT2D eigenvalue weighted by Crippen LogP contribution is -2.45. The van der Waals surface area contributed by atoms with Gasteiger partial charge >= 0.3 is 12.3 Å². The van der Waals surface area contributed by atoms with Crippen molar-refractivity contribution in [2.24, 2.45) is 17.8 Å². The van der Waals surface area contributed by atoms with E-state index in [-0.39, 0.29) is 18.4 Å². The van der Waals surface area contributed by atoms with E-state index in [1.54, 1.807) is 6.07 Å². The second kappa shape index (κ2) is 12.3. The summed E-state index contributed by atoms with van der Waals surface area (Å²) in [6.45, 7) is 11.2. The van der Waals surface area contributed by atoms with Crippen LogP contribution in [0.15, 0.2) is 12.1 Å². The van der Waals surface area contributed by atoms with Crippen LogP contribution in [0.3, 0.4) is 0 Å². The zero-order valence-electron chi connectivity index (χ0n) is 22.8. The molecule has 0 bridgehead atoms. The van der Waals surface area contributed by atoms with Gasteiger partial charge < -0.3 is 18.9 Å². The summed E-state index contributed by atoms with van der Waals surface area (Å²) in [6.07, 6.45) is 2.13. The zero-order valence-corrected chi connectivity index (χ0v) is 22.8. The van der Waals surface area contributed by atoms with Crippen LogP contribution in [0, 0.1) is 17.8 Å². The van der Waals surface area contributed by atoms with Crippen molar-refractivity contribution < 1.29 is 32.5 Å². The molecule has 2 fully saturated rings. The summed E-state index contributed by atoms with van der Waals surface area (Å²) >= 11 is 0. The Kier molecular flexibility index (Phi) is 9.33. The van der Waals surface area contributed by atoms with Crippen molar-refractivity contribution >= 4 is 6.16 Å². The molecule has 1 saturated heterocycles.